The number of hydrogen-bond donors (Lipinski definition) is 1. The first-order valence-corrected chi connectivity index (χ1v) is 9.15. The molecule has 0 aromatic heterocycles. The first-order chi connectivity index (χ1) is 6.54. The van der Waals surface area contributed by atoms with E-state index in [1.807, 2.05) is 13.2 Å². The van der Waals surface area contributed by atoms with Crippen molar-refractivity contribution in [2.24, 2.45) is 10.9 Å². The fraction of sp³-hybridized carbons (Fsp3) is 0.875. The molecule has 0 fully saturated rings. The zero-order valence-electron chi connectivity index (χ0n) is 9.19. The number of hydrogen-bond acceptors (Lipinski definition) is 4. The van der Waals surface area contributed by atoms with Gasteiger partial charge >= 0.3 is 0 Å². The van der Waals surface area contributed by atoms with Gasteiger partial charge in [0, 0.05) is 6.54 Å². The van der Waals surface area contributed by atoms with Crippen molar-refractivity contribution in [2.75, 3.05) is 19.4 Å². The molecule has 0 aliphatic carbocycles. The summed E-state index contributed by atoms with van der Waals surface area (Å²) in [7, 11) is 0. The standard InChI is InChI=1S/C8H19N2OPS2/c1-5-11-12(13,14-4)10-7-9-6-8(2)3/h7-8H,5-6H2,1-4H3,(H,9,10,13). The van der Waals surface area contributed by atoms with E-state index in [1.54, 1.807) is 17.7 Å². The Morgan fingerprint density at radius 1 is 1.64 bits per heavy atom. The average molecular weight is 254 g/mol. The molecule has 14 heavy (non-hydrogen) atoms. The van der Waals surface area contributed by atoms with Gasteiger partial charge in [0.05, 0.1) is 12.9 Å². The molecule has 0 aromatic carbocycles. The summed E-state index contributed by atoms with van der Waals surface area (Å²) in [4.78, 5) is 4.22. The predicted octanol–water partition coefficient (Wildman–Crippen LogP) is 2.88. The zero-order valence-corrected chi connectivity index (χ0v) is 11.7. The molecule has 1 unspecified atom stereocenters. The molecule has 3 nitrogen and oxygen atoms in total. The van der Waals surface area contributed by atoms with E-state index in [-0.39, 0.29) is 0 Å². The normalized spacial score (nSPS) is 16.1. The summed E-state index contributed by atoms with van der Waals surface area (Å²) in [6.07, 6.45) is 3.65. The third-order valence-electron chi connectivity index (χ3n) is 1.32. The summed E-state index contributed by atoms with van der Waals surface area (Å²) in [6, 6.07) is 0. The van der Waals surface area contributed by atoms with Gasteiger partial charge in [-0.25, -0.2) is 0 Å². The topological polar surface area (TPSA) is 33.6 Å². The molecular weight excluding hydrogens is 235 g/mol. The highest BCUT2D eigenvalue weighted by Crippen LogP contribution is 2.53. The van der Waals surface area contributed by atoms with Crippen LogP contribution in [-0.4, -0.2) is 25.7 Å². The fourth-order valence-electron chi connectivity index (χ4n) is 0.688. The molecule has 1 atom stereocenters. The van der Waals surface area contributed by atoms with Crippen LogP contribution < -0.4 is 5.09 Å². The Bertz CT molecular complexity index is 221. The second-order valence-corrected chi connectivity index (χ2v) is 9.87. The van der Waals surface area contributed by atoms with Crippen LogP contribution in [0, 0.1) is 5.92 Å². The largest absolute Gasteiger partial charge is 0.327 e. The quantitative estimate of drug-likeness (QED) is 0.430. The van der Waals surface area contributed by atoms with Crippen LogP contribution in [0.1, 0.15) is 20.8 Å². The Morgan fingerprint density at radius 2 is 2.29 bits per heavy atom. The van der Waals surface area contributed by atoms with E-state index in [0.29, 0.717) is 12.5 Å². The third-order valence-corrected chi connectivity index (χ3v) is 6.88. The van der Waals surface area contributed by atoms with E-state index in [1.165, 1.54) is 0 Å². The summed E-state index contributed by atoms with van der Waals surface area (Å²) < 4.78 is 5.47. The molecule has 0 aliphatic heterocycles. The van der Waals surface area contributed by atoms with Gasteiger partial charge < -0.3 is 9.61 Å². The second kappa shape index (κ2) is 7.69. The van der Waals surface area contributed by atoms with Gasteiger partial charge in [-0.2, -0.15) is 0 Å². The molecular formula is C8H19N2OPS2. The van der Waals surface area contributed by atoms with E-state index in [4.69, 9.17) is 16.3 Å². The Kier molecular flexibility index (Phi) is 7.92. The van der Waals surface area contributed by atoms with Crippen molar-refractivity contribution in [3.8, 4) is 0 Å². The Morgan fingerprint density at radius 3 is 2.71 bits per heavy atom. The van der Waals surface area contributed by atoms with Gasteiger partial charge in [-0.05, 0) is 30.9 Å². The van der Waals surface area contributed by atoms with E-state index >= 15 is 0 Å². The minimum atomic E-state index is -1.91. The highest BCUT2D eigenvalue weighted by atomic mass is 32.9. The lowest BCUT2D eigenvalue weighted by Crippen LogP contribution is -2.08. The Labute approximate surface area is 96.0 Å². The molecule has 0 aromatic rings. The first kappa shape index (κ1) is 14.4. The smallest absolute Gasteiger partial charge is 0.210 e. The lowest BCUT2D eigenvalue weighted by Gasteiger charge is -2.18. The molecule has 6 heteroatoms. The van der Waals surface area contributed by atoms with Crippen LogP contribution in [0.25, 0.3) is 0 Å². The molecule has 0 spiro atoms. The molecule has 0 aliphatic rings. The van der Waals surface area contributed by atoms with Gasteiger partial charge in [0.25, 0.3) is 0 Å². The Balaban J connectivity index is 3.94. The lowest BCUT2D eigenvalue weighted by molar-refractivity contribution is 0.383. The summed E-state index contributed by atoms with van der Waals surface area (Å²) in [6.45, 7) is 7.67. The van der Waals surface area contributed by atoms with Crippen LogP contribution in [0.4, 0.5) is 0 Å². The monoisotopic (exact) mass is 254 g/mol. The number of nitrogens with one attached hydrogen (secondary N) is 1. The molecule has 1 N–H and O–H groups in total. The van der Waals surface area contributed by atoms with Gasteiger partial charge in [-0.1, -0.05) is 25.2 Å². The summed E-state index contributed by atoms with van der Waals surface area (Å²) >= 11 is 6.89. The van der Waals surface area contributed by atoms with Gasteiger partial charge in [-0.15, -0.1) is 0 Å². The first-order valence-electron chi connectivity index (χ1n) is 4.60. The van der Waals surface area contributed by atoms with E-state index in [0.717, 1.165) is 6.54 Å². The maximum atomic E-state index is 5.47. The van der Waals surface area contributed by atoms with E-state index < -0.39 is 5.62 Å². The summed E-state index contributed by atoms with van der Waals surface area (Å²) in [5, 5.41) is 3.08. The number of aliphatic imine (C=N–C) groups is 1. The summed E-state index contributed by atoms with van der Waals surface area (Å²) in [5.74, 6) is 0.576. The molecule has 0 heterocycles. The van der Waals surface area contributed by atoms with Gasteiger partial charge in [0.15, 0.2) is 0 Å². The molecule has 84 valence electrons. The van der Waals surface area contributed by atoms with Crippen LogP contribution in [0.2, 0.25) is 0 Å². The third kappa shape index (κ3) is 6.82. The van der Waals surface area contributed by atoms with Crippen molar-refractivity contribution in [3.05, 3.63) is 0 Å². The van der Waals surface area contributed by atoms with Crippen molar-refractivity contribution >= 4 is 35.1 Å². The van der Waals surface area contributed by atoms with E-state index in [9.17, 15) is 0 Å². The molecule has 0 bridgehead atoms. The van der Waals surface area contributed by atoms with Crippen molar-refractivity contribution < 1.29 is 4.52 Å². The van der Waals surface area contributed by atoms with Crippen LogP contribution >= 0.6 is 17.0 Å². The number of nitrogens with zero attached hydrogens (tertiary/aromatic N) is 1. The zero-order chi connectivity index (χ0) is 11.0. The average Bonchev–Trinajstić information content (AvgIpc) is 2.13. The van der Waals surface area contributed by atoms with Crippen LogP contribution in [0.5, 0.6) is 0 Å². The summed E-state index contributed by atoms with van der Waals surface area (Å²) in [5.41, 5.74) is -1.91. The van der Waals surface area contributed by atoms with Crippen LogP contribution in [0.15, 0.2) is 4.99 Å². The highest BCUT2D eigenvalue weighted by Gasteiger charge is 2.12. The van der Waals surface area contributed by atoms with E-state index in [2.05, 4.69) is 23.9 Å². The van der Waals surface area contributed by atoms with Crippen LogP contribution in [-0.2, 0) is 16.3 Å². The predicted molar refractivity (Wildman–Crippen MR) is 70.8 cm³/mol. The van der Waals surface area contributed by atoms with Crippen molar-refractivity contribution in [1.29, 1.82) is 0 Å². The Hall–Kier alpha value is 0.430. The molecule has 0 radical (unpaired) electrons. The molecule has 0 saturated heterocycles. The molecule has 0 saturated carbocycles. The minimum absolute atomic E-state index is 0.576. The van der Waals surface area contributed by atoms with Gasteiger partial charge in [-0.3, -0.25) is 4.99 Å². The van der Waals surface area contributed by atoms with Crippen molar-refractivity contribution in [2.45, 2.75) is 20.8 Å². The van der Waals surface area contributed by atoms with Crippen LogP contribution in [0.3, 0.4) is 0 Å². The second-order valence-electron chi connectivity index (χ2n) is 3.12. The molecule has 0 rings (SSSR count). The SMILES string of the molecule is CCOP(=S)(NC=NCC(C)C)SC. The number of rotatable bonds is 7. The van der Waals surface area contributed by atoms with Crippen molar-refractivity contribution in [3.63, 3.8) is 0 Å². The van der Waals surface area contributed by atoms with Gasteiger partial charge in [0.1, 0.15) is 0 Å². The maximum absolute atomic E-state index is 5.47. The van der Waals surface area contributed by atoms with Gasteiger partial charge in [0.2, 0.25) is 5.62 Å². The van der Waals surface area contributed by atoms with Crippen molar-refractivity contribution in [1.82, 2.24) is 5.09 Å². The maximum Gasteiger partial charge on any atom is 0.210 e. The molecule has 0 amide bonds. The fourth-order valence-corrected chi connectivity index (χ4v) is 3.08. The minimum Gasteiger partial charge on any atom is -0.327 e. The lowest BCUT2D eigenvalue weighted by atomic mass is 10.2. The highest BCUT2D eigenvalue weighted by molar-refractivity contribution is 8.68.